The first-order valence-electron chi connectivity index (χ1n) is 3.85. The molecule has 0 aliphatic rings. The summed E-state index contributed by atoms with van der Waals surface area (Å²) in [4.78, 5) is 0. The molecule has 0 aliphatic carbocycles. The van der Waals surface area contributed by atoms with E-state index in [1.54, 1.807) is 12.1 Å². The zero-order valence-electron chi connectivity index (χ0n) is 7.20. The van der Waals surface area contributed by atoms with Crippen LogP contribution in [0.1, 0.15) is 5.56 Å². The molecule has 0 fully saturated rings. The van der Waals surface area contributed by atoms with Gasteiger partial charge in [0.25, 0.3) is 0 Å². The van der Waals surface area contributed by atoms with Crippen LogP contribution < -0.4 is 5.73 Å². The standard InChI is InChI=1S/C9H12FNO.ClH/c10-9-3-1-8(2-4-9)7-12-6-5-11;/h1-4H,5-7,11H2;1H. The van der Waals surface area contributed by atoms with Crippen LogP contribution in [0.4, 0.5) is 4.39 Å². The van der Waals surface area contributed by atoms with Gasteiger partial charge in [-0.3, -0.25) is 0 Å². The van der Waals surface area contributed by atoms with Gasteiger partial charge in [-0.1, -0.05) is 12.1 Å². The van der Waals surface area contributed by atoms with Crippen LogP contribution in [-0.4, -0.2) is 13.2 Å². The molecule has 13 heavy (non-hydrogen) atoms. The van der Waals surface area contributed by atoms with Crippen LogP contribution >= 0.6 is 12.4 Å². The Morgan fingerprint density at radius 1 is 1.23 bits per heavy atom. The fraction of sp³-hybridized carbons (Fsp3) is 0.333. The Labute approximate surface area is 83.3 Å². The van der Waals surface area contributed by atoms with Crippen molar-refractivity contribution in [3.05, 3.63) is 35.6 Å². The fourth-order valence-electron chi connectivity index (χ4n) is 0.854. The van der Waals surface area contributed by atoms with E-state index >= 15 is 0 Å². The van der Waals surface area contributed by atoms with Gasteiger partial charge in [-0.25, -0.2) is 4.39 Å². The van der Waals surface area contributed by atoms with Gasteiger partial charge in [0.15, 0.2) is 0 Å². The molecule has 0 atom stereocenters. The molecule has 1 rings (SSSR count). The highest BCUT2D eigenvalue weighted by Gasteiger charge is 1.92. The Bertz CT molecular complexity index is 228. The molecule has 0 unspecified atom stereocenters. The van der Waals surface area contributed by atoms with E-state index in [4.69, 9.17) is 10.5 Å². The maximum absolute atomic E-state index is 12.4. The number of hydrogen-bond donors (Lipinski definition) is 1. The molecule has 1 aromatic carbocycles. The molecule has 1 aromatic rings. The van der Waals surface area contributed by atoms with Crippen molar-refractivity contribution in [3.63, 3.8) is 0 Å². The molecule has 0 spiro atoms. The fourth-order valence-corrected chi connectivity index (χ4v) is 0.854. The van der Waals surface area contributed by atoms with E-state index in [1.165, 1.54) is 12.1 Å². The number of benzene rings is 1. The maximum atomic E-state index is 12.4. The van der Waals surface area contributed by atoms with Crippen molar-refractivity contribution in [2.75, 3.05) is 13.2 Å². The van der Waals surface area contributed by atoms with Gasteiger partial charge in [0.1, 0.15) is 5.82 Å². The van der Waals surface area contributed by atoms with Gasteiger partial charge in [-0.2, -0.15) is 0 Å². The number of nitrogens with two attached hydrogens (primary N) is 1. The van der Waals surface area contributed by atoms with Crippen molar-refractivity contribution in [1.82, 2.24) is 0 Å². The highest BCUT2D eigenvalue weighted by atomic mass is 35.5. The van der Waals surface area contributed by atoms with Crippen LogP contribution in [0.2, 0.25) is 0 Å². The van der Waals surface area contributed by atoms with Crippen LogP contribution in [0, 0.1) is 5.82 Å². The average molecular weight is 206 g/mol. The molecule has 0 aromatic heterocycles. The summed E-state index contributed by atoms with van der Waals surface area (Å²) >= 11 is 0. The lowest BCUT2D eigenvalue weighted by Gasteiger charge is -2.01. The van der Waals surface area contributed by atoms with E-state index in [1.807, 2.05) is 0 Å². The predicted molar refractivity (Wildman–Crippen MR) is 52.4 cm³/mol. The normalized spacial score (nSPS) is 9.38. The van der Waals surface area contributed by atoms with E-state index in [9.17, 15) is 4.39 Å². The number of halogens is 2. The summed E-state index contributed by atoms with van der Waals surface area (Å²) in [6.07, 6.45) is 0. The summed E-state index contributed by atoms with van der Waals surface area (Å²) in [5.41, 5.74) is 6.19. The monoisotopic (exact) mass is 205 g/mol. The summed E-state index contributed by atoms with van der Waals surface area (Å²) in [5, 5.41) is 0. The summed E-state index contributed by atoms with van der Waals surface area (Å²) in [7, 11) is 0. The van der Waals surface area contributed by atoms with Crippen molar-refractivity contribution in [1.29, 1.82) is 0 Å². The third-order valence-corrected chi connectivity index (χ3v) is 1.44. The first-order chi connectivity index (χ1) is 5.83. The van der Waals surface area contributed by atoms with E-state index in [0.29, 0.717) is 19.8 Å². The first-order valence-corrected chi connectivity index (χ1v) is 3.85. The van der Waals surface area contributed by atoms with E-state index in [0.717, 1.165) is 5.56 Å². The molecule has 74 valence electrons. The highest BCUT2D eigenvalue weighted by Crippen LogP contribution is 2.03. The number of hydrogen-bond acceptors (Lipinski definition) is 2. The van der Waals surface area contributed by atoms with Gasteiger partial charge < -0.3 is 10.5 Å². The van der Waals surface area contributed by atoms with Crippen molar-refractivity contribution >= 4 is 12.4 Å². The second kappa shape index (κ2) is 6.83. The van der Waals surface area contributed by atoms with E-state index in [-0.39, 0.29) is 18.2 Å². The van der Waals surface area contributed by atoms with Crippen LogP contribution in [0.15, 0.2) is 24.3 Å². The average Bonchev–Trinajstić information content (AvgIpc) is 2.09. The quantitative estimate of drug-likeness (QED) is 0.760. The van der Waals surface area contributed by atoms with Crippen molar-refractivity contribution in [2.24, 2.45) is 5.73 Å². The van der Waals surface area contributed by atoms with Crippen LogP contribution in [0.25, 0.3) is 0 Å². The Balaban J connectivity index is 0.00000144. The second-order valence-corrected chi connectivity index (χ2v) is 2.47. The molecular weight excluding hydrogens is 193 g/mol. The van der Waals surface area contributed by atoms with Crippen molar-refractivity contribution < 1.29 is 9.13 Å². The topological polar surface area (TPSA) is 35.2 Å². The SMILES string of the molecule is Cl.NCCOCc1ccc(F)cc1. The van der Waals surface area contributed by atoms with Gasteiger partial charge in [0.05, 0.1) is 13.2 Å². The van der Waals surface area contributed by atoms with E-state index in [2.05, 4.69) is 0 Å². The minimum absolute atomic E-state index is 0. The molecule has 0 bridgehead atoms. The van der Waals surface area contributed by atoms with Gasteiger partial charge in [-0.15, -0.1) is 12.4 Å². The smallest absolute Gasteiger partial charge is 0.123 e. The van der Waals surface area contributed by atoms with Crippen LogP contribution in [0.5, 0.6) is 0 Å². The lowest BCUT2D eigenvalue weighted by atomic mass is 10.2. The molecule has 0 saturated carbocycles. The maximum Gasteiger partial charge on any atom is 0.123 e. The number of ether oxygens (including phenoxy) is 1. The Hall–Kier alpha value is -0.640. The van der Waals surface area contributed by atoms with Crippen molar-refractivity contribution in [2.45, 2.75) is 6.61 Å². The largest absolute Gasteiger partial charge is 0.375 e. The molecule has 0 aliphatic heterocycles. The number of rotatable bonds is 4. The van der Waals surface area contributed by atoms with Crippen LogP contribution in [0.3, 0.4) is 0 Å². The predicted octanol–water partition coefficient (Wildman–Crippen LogP) is 1.72. The molecule has 2 nitrogen and oxygen atoms in total. The first kappa shape index (κ1) is 12.4. The molecule has 0 radical (unpaired) electrons. The summed E-state index contributed by atoms with van der Waals surface area (Å²) in [6, 6.07) is 6.24. The lowest BCUT2D eigenvalue weighted by molar-refractivity contribution is 0.128. The lowest BCUT2D eigenvalue weighted by Crippen LogP contribution is -2.08. The van der Waals surface area contributed by atoms with Gasteiger partial charge in [0, 0.05) is 6.54 Å². The molecular formula is C9H13ClFNO. The zero-order chi connectivity index (χ0) is 8.81. The summed E-state index contributed by atoms with van der Waals surface area (Å²) in [5.74, 6) is -0.224. The van der Waals surface area contributed by atoms with Gasteiger partial charge in [0.2, 0.25) is 0 Å². The molecule has 2 N–H and O–H groups in total. The molecule has 0 saturated heterocycles. The molecule has 0 amide bonds. The third-order valence-electron chi connectivity index (χ3n) is 1.44. The Kier molecular flexibility index (Phi) is 6.49. The second-order valence-electron chi connectivity index (χ2n) is 2.47. The highest BCUT2D eigenvalue weighted by molar-refractivity contribution is 5.85. The Morgan fingerprint density at radius 2 is 1.85 bits per heavy atom. The van der Waals surface area contributed by atoms with Gasteiger partial charge >= 0.3 is 0 Å². The minimum atomic E-state index is -0.224. The minimum Gasteiger partial charge on any atom is -0.375 e. The Morgan fingerprint density at radius 3 is 2.38 bits per heavy atom. The summed E-state index contributed by atoms with van der Waals surface area (Å²) < 4.78 is 17.6. The summed E-state index contributed by atoms with van der Waals surface area (Å²) in [6.45, 7) is 1.55. The molecule has 0 heterocycles. The molecule has 4 heteroatoms. The van der Waals surface area contributed by atoms with Crippen LogP contribution in [-0.2, 0) is 11.3 Å². The van der Waals surface area contributed by atoms with Gasteiger partial charge in [-0.05, 0) is 17.7 Å². The zero-order valence-corrected chi connectivity index (χ0v) is 8.02. The van der Waals surface area contributed by atoms with E-state index < -0.39 is 0 Å². The van der Waals surface area contributed by atoms with Crippen molar-refractivity contribution in [3.8, 4) is 0 Å². The third kappa shape index (κ3) is 4.83.